The molecule has 90 valence electrons. The van der Waals surface area contributed by atoms with Crippen LogP contribution < -0.4 is 5.32 Å². The van der Waals surface area contributed by atoms with E-state index >= 15 is 0 Å². The Hall–Kier alpha value is -0.930. The number of nitrogens with one attached hydrogen (secondary N) is 1. The molecular weight excluding hydrogens is 200 g/mol. The first-order valence-corrected chi connectivity index (χ1v) is 5.93. The Labute approximate surface area is 98.2 Å². The van der Waals surface area contributed by atoms with Gasteiger partial charge in [0.05, 0.1) is 12.7 Å². The van der Waals surface area contributed by atoms with Gasteiger partial charge < -0.3 is 10.1 Å². The predicted octanol–water partition coefficient (Wildman–Crippen LogP) is 2.03. The minimum atomic E-state index is 0.256. The van der Waals surface area contributed by atoms with Crippen molar-refractivity contribution < 1.29 is 4.74 Å². The fourth-order valence-corrected chi connectivity index (χ4v) is 1.37. The second-order valence-electron chi connectivity index (χ2n) is 4.32. The number of pyridine rings is 1. The van der Waals surface area contributed by atoms with E-state index in [1.807, 2.05) is 24.4 Å². The molecule has 0 fully saturated rings. The second-order valence-corrected chi connectivity index (χ2v) is 4.32. The largest absolute Gasteiger partial charge is 0.377 e. The molecule has 1 heterocycles. The molecule has 3 heteroatoms. The number of rotatable bonds is 7. The van der Waals surface area contributed by atoms with Crippen molar-refractivity contribution in [1.82, 2.24) is 10.3 Å². The van der Waals surface area contributed by atoms with E-state index in [0.29, 0.717) is 6.04 Å². The first kappa shape index (κ1) is 13.1. The van der Waals surface area contributed by atoms with Crippen LogP contribution in [-0.4, -0.2) is 30.3 Å². The molecule has 0 aliphatic rings. The van der Waals surface area contributed by atoms with E-state index in [1.54, 1.807) is 0 Å². The van der Waals surface area contributed by atoms with Crippen molar-refractivity contribution in [3.8, 4) is 0 Å². The van der Waals surface area contributed by atoms with Gasteiger partial charge in [-0.2, -0.15) is 0 Å². The minimum Gasteiger partial charge on any atom is -0.377 e. The molecule has 0 aromatic carbocycles. The Bertz CT molecular complexity index is 275. The summed E-state index contributed by atoms with van der Waals surface area (Å²) in [5, 5.41) is 3.35. The Balaban J connectivity index is 2.11. The molecule has 1 rings (SSSR count). The average Bonchev–Trinajstić information content (AvgIpc) is 2.28. The quantitative estimate of drug-likeness (QED) is 0.766. The molecule has 0 amide bonds. The summed E-state index contributed by atoms with van der Waals surface area (Å²) in [7, 11) is 0. The zero-order chi connectivity index (χ0) is 11.8. The molecule has 1 atom stereocenters. The predicted molar refractivity (Wildman–Crippen MR) is 66.5 cm³/mol. The first-order chi connectivity index (χ1) is 7.68. The van der Waals surface area contributed by atoms with E-state index < -0.39 is 0 Å². The average molecular weight is 222 g/mol. The van der Waals surface area contributed by atoms with E-state index in [4.69, 9.17) is 4.74 Å². The van der Waals surface area contributed by atoms with Crippen LogP contribution in [0.5, 0.6) is 0 Å². The van der Waals surface area contributed by atoms with Gasteiger partial charge in [-0.15, -0.1) is 0 Å². The summed E-state index contributed by atoms with van der Waals surface area (Å²) in [6.45, 7) is 8.01. The van der Waals surface area contributed by atoms with Crippen LogP contribution in [0.15, 0.2) is 24.4 Å². The molecule has 0 saturated heterocycles. The second kappa shape index (κ2) is 7.36. The van der Waals surface area contributed by atoms with Crippen molar-refractivity contribution in [3.63, 3.8) is 0 Å². The van der Waals surface area contributed by atoms with Crippen LogP contribution in [-0.2, 0) is 11.2 Å². The fraction of sp³-hybridized carbons (Fsp3) is 0.615. The van der Waals surface area contributed by atoms with Crippen LogP contribution in [0.1, 0.15) is 26.5 Å². The monoisotopic (exact) mass is 222 g/mol. The molecule has 0 radical (unpaired) electrons. The number of ether oxygens (including phenoxy) is 1. The van der Waals surface area contributed by atoms with Crippen LogP contribution in [0.2, 0.25) is 0 Å². The van der Waals surface area contributed by atoms with E-state index in [-0.39, 0.29) is 6.10 Å². The highest BCUT2D eigenvalue weighted by Gasteiger charge is 2.03. The summed E-state index contributed by atoms with van der Waals surface area (Å²) in [6.07, 6.45) is 2.96. The van der Waals surface area contributed by atoms with E-state index in [2.05, 4.69) is 31.1 Å². The van der Waals surface area contributed by atoms with E-state index in [0.717, 1.165) is 25.3 Å². The third-order valence-electron chi connectivity index (χ3n) is 2.30. The highest BCUT2D eigenvalue weighted by atomic mass is 16.5. The van der Waals surface area contributed by atoms with Crippen molar-refractivity contribution >= 4 is 0 Å². The number of hydrogen-bond acceptors (Lipinski definition) is 3. The third kappa shape index (κ3) is 5.83. The normalized spacial score (nSPS) is 13.0. The molecule has 0 bridgehead atoms. The van der Waals surface area contributed by atoms with Gasteiger partial charge in [0, 0.05) is 30.9 Å². The molecule has 0 saturated carbocycles. The molecule has 0 aliphatic heterocycles. The number of aromatic nitrogens is 1. The van der Waals surface area contributed by atoms with Crippen LogP contribution in [0.3, 0.4) is 0 Å². The summed E-state index contributed by atoms with van der Waals surface area (Å²) >= 11 is 0. The molecule has 1 aromatic rings. The molecule has 0 spiro atoms. The Morgan fingerprint density at radius 3 is 2.75 bits per heavy atom. The fourth-order valence-electron chi connectivity index (χ4n) is 1.37. The Kier molecular flexibility index (Phi) is 6.04. The van der Waals surface area contributed by atoms with Gasteiger partial charge in [0.2, 0.25) is 0 Å². The summed E-state index contributed by atoms with van der Waals surface area (Å²) < 4.78 is 5.69. The Morgan fingerprint density at radius 2 is 2.12 bits per heavy atom. The smallest absolute Gasteiger partial charge is 0.0671 e. The van der Waals surface area contributed by atoms with E-state index in [9.17, 15) is 0 Å². The van der Waals surface area contributed by atoms with Gasteiger partial charge >= 0.3 is 0 Å². The van der Waals surface area contributed by atoms with Gasteiger partial charge in [-0.05, 0) is 19.1 Å². The lowest BCUT2D eigenvalue weighted by Crippen LogP contribution is -2.32. The number of nitrogens with zero attached hydrogens (tertiary/aromatic N) is 1. The number of hydrogen-bond donors (Lipinski definition) is 1. The first-order valence-electron chi connectivity index (χ1n) is 5.93. The maximum Gasteiger partial charge on any atom is 0.0671 e. The third-order valence-corrected chi connectivity index (χ3v) is 2.30. The zero-order valence-electron chi connectivity index (χ0n) is 10.4. The summed E-state index contributed by atoms with van der Waals surface area (Å²) in [5.74, 6) is 0. The molecule has 1 aromatic heterocycles. The Morgan fingerprint density at radius 1 is 1.31 bits per heavy atom. The molecule has 16 heavy (non-hydrogen) atoms. The van der Waals surface area contributed by atoms with Crippen LogP contribution in [0, 0.1) is 0 Å². The van der Waals surface area contributed by atoms with Crippen molar-refractivity contribution in [2.24, 2.45) is 0 Å². The lowest BCUT2D eigenvalue weighted by molar-refractivity contribution is 0.0665. The van der Waals surface area contributed by atoms with Gasteiger partial charge in [0.1, 0.15) is 0 Å². The maximum atomic E-state index is 5.69. The minimum absolute atomic E-state index is 0.256. The summed E-state index contributed by atoms with van der Waals surface area (Å²) in [4.78, 5) is 4.25. The lowest BCUT2D eigenvalue weighted by Gasteiger charge is -2.15. The summed E-state index contributed by atoms with van der Waals surface area (Å²) in [6, 6.07) is 6.48. The topological polar surface area (TPSA) is 34.1 Å². The van der Waals surface area contributed by atoms with Gasteiger partial charge in [-0.3, -0.25) is 4.98 Å². The molecule has 1 unspecified atom stereocenters. The SMILES string of the molecule is CC(C)NCC(C)OCCc1ccccn1. The van der Waals surface area contributed by atoms with Crippen molar-refractivity contribution in [1.29, 1.82) is 0 Å². The van der Waals surface area contributed by atoms with Gasteiger partial charge in [0.15, 0.2) is 0 Å². The van der Waals surface area contributed by atoms with Gasteiger partial charge in [-0.25, -0.2) is 0 Å². The zero-order valence-corrected chi connectivity index (χ0v) is 10.4. The molecule has 3 nitrogen and oxygen atoms in total. The van der Waals surface area contributed by atoms with E-state index in [1.165, 1.54) is 0 Å². The summed E-state index contributed by atoms with van der Waals surface area (Å²) in [5.41, 5.74) is 1.09. The lowest BCUT2D eigenvalue weighted by atomic mass is 10.3. The highest BCUT2D eigenvalue weighted by molar-refractivity contribution is 5.03. The van der Waals surface area contributed by atoms with Crippen LogP contribution in [0.25, 0.3) is 0 Å². The highest BCUT2D eigenvalue weighted by Crippen LogP contribution is 1.97. The van der Waals surface area contributed by atoms with Gasteiger partial charge in [-0.1, -0.05) is 19.9 Å². The molecule has 1 N–H and O–H groups in total. The molecular formula is C13H22N2O. The standard InChI is InChI=1S/C13H22N2O/c1-11(2)15-10-12(3)16-9-7-13-6-4-5-8-14-13/h4-6,8,11-12,15H,7,9-10H2,1-3H3. The maximum absolute atomic E-state index is 5.69. The van der Waals surface area contributed by atoms with Gasteiger partial charge in [0.25, 0.3) is 0 Å². The molecule has 0 aliphatic carbocycles. The van der Waals surface area contributed by atoms with Crippen LogP contribution >= 0.6 is 0 Å². The van der Waals surface area contributed by atoms with Crippen molar-refractivity contribution in [3.05, 3.63) is 30.1 Å². The van der Waals surface area contributed by atoms with Crippen molar-refractivity contribution in [2.45, 2.75) is 39.3 Å². The van der Waals surface area contributed by atoms with Crippen LogP contribution in [0.4, 0.5) is 0 Å². The van der Waals surface area contributed by atoms with Crippen molar-refractivity contribution in [2.75, 3.05) is 13.2 Å².